The van der Waals surface area contributed by atoms with Gasteiger partial charge < -0.3 is 4.57 Å². The maximum absolute atomic E-state index is 4.80. The molecular formula is C41H27N3S. The van der Waals surface area contributed by atoms with E-state index in [0.717, 1.165) is 22.9 Å². The van der Waals surface area contributed by atoms with Gasteiger partial charge >= 0.3 is 0 Å². The predicted molar refractivity (Wildman–Crippen MR) is 192 cm³/mol. The van der Waals surface area contributed by atoms with Crippen LogP contribution >= 0.6 is 11.3 Å². The fourth-order valence-electron chi connectivity index (χ4n) is 6.62. The first-order chi connectivity index (χ1) is 22.3. The average Bonchev–Trinajstić information content (AvgIpc) is 3.65. The minimum Gasteiger partial charge on any atom is -0.309 e. The summed E-state index contributed by atoms with van der Waals surface area (Å²) in [5, 5.41) is 5.07. The fourth-order valence-corrected chi connectivity index (χ4v) is 7.86. The molecule has 0 saturated heterocycles. The zero-order valence-electron chi connectivity index (χ0n) is 24.3. The Kier molecular flexibility index (Phi) is 6.00. The molecule has 0 aliphatic rings. The van der Waals surface area contributed by atoms with Gasteiger partial charge in [0.25, 0.3) is 0 Å². The fraction of sp³-hybridized carbons (Fsp3) is 0. The molecule has 9 rings (SSSR count). The summed E-state index contributed by atoms with van der Waals surface area (Å²) in [7, 11) is 0. The molecule has 0 atom stereocenters. The Morgan fingerprint density at radius 3 is 2.07 bits per heavy atom. The van der Waals surface area contributed by atoms with Crippen molar-refractivity contribution >= 4 is 70.5 Å². The summed E-state index contributed by atoms with van der Waals surface area (Å²) in [5.74, 6) is 0.878. The molecule has 3 heterocycles. The van der Waals surface area contributed by atoms with E-state index < -0.39 is 0 Å². The molecular weight excluding hydrogens is 567 g/mol. The SMILES string of the molecule is c1ccc(-n2c3ccccc3c3cc(N(c4ccc(-c5cccc6c5sc5ccccc56)cc4)c4ccccn4)ccc32)cc1. The zero-order chi connectivity index (χ0) is 29.7. The van der Waals surface area contributed by atoms with Gasteiger partial charge in [-0.25, -0.2) is 4.98 Å². The summed E-state index contributed by atoms with van der Waals surface area (Å²) in [5.41, 5.74) is 8.13. The number of fused-ring (bicyclic) bond motifs is 6. The Morgan fingerprint density at radius 1 is 0.511 bits per heavy atom. The number of benzene rings is 6. The van der Waals surface area contributed by atoms with Crippen molar-refractivity contribution in [3.8, 4) is 16.8 Å². The highest BCUT2D eigenvalue weighted by molar-refractivity contribution is 7.26. The second-order valence-electron chi connectivity index (χ2n) is 11.2. The number of pyridine rings is 1. The molecule has 0 N–H and O–H groups in total. The minimum atomic E-state index is 0.878. The van der Waals surface area contributed by atoms with Crippen LogP contribution in [-0.2, 0) is 0 Å². The van der Waals surface area contributed by atoms with E-state index in [2.05, 4.69) is 155 Å². The number of aromatic nitrogens is 2. The van der Waals surface area contributed by atoms with Crippen LogP contribution in [0.5, 0.6) is 0 Å². The van der Waals surface area contributed by atoms with Crippen LogP contribution in [0.1, 0.15) is 0 Å². The van der Waals surface area contributed by atoms with Crippen LogP contribution in [0, 0.1) is 0 Å². The Labute approximate surface area is 264 Å². The van der Waals surface area contributed by atoms with Gasteiger partial charge in [0.2, 0.25) is 0 Å². The Hall–Kier alpha value is -5.71. The van der Waals surface area contributed by atoms with Crippen molar-refractivity contribution in [2.24, 2.45) is 0 Å². The second kappa shape index (κ2) is 10.5. The van der Waals surface area contributed by atoms with E-state index in [0.29, 0.717) is 0 Å². The van der Waals surface area contributed by atoms with Gasteiger partial charge in [0.1, 0.15) is 5.82 Å². The van der Waals surface area contributed by atoms with Crippen molar-refractivity contribution in [2.45, 2.75) is 0 Å². The molecule has 4 heteroatoms. The monoisotopic (exact) mass is 593 g/mol. The highest BCUT2D eigenvalue weighted by Gasteiger charge is 2.18. The van der Waals surface area contributed by atoms with Gasteiger partial charge in [-0.1, -0.05) is 91.0 Å². The molecule has 9 aromatic rings. The highest BCUT2D eigenvalue weighted by Crippen LogP contribution is 2.42. The molecule has 3 nitrogen and oxygen atoms in total. The molecule has 45 heavy (non-hydrogen) atoms. The molecule has 0 aliphatic heterocycles. The lowest BCUT2D eigenvalue weighted by molar-refractivity contribution is 1.17. The minimum absolute atomic E-state index is 0.878. The van der Waals surface area contributed by atoms with Crippen LogP contribution in [-0.4, -0.2) is 9.55 Å². The van der Waals surface area contributed by atoms with Crippen molar-refractivity contribution in [1.29, 1.82) is 0 Å². The number of para-hydroxylation sites is 2. The Morgan fingerprint density at radius 2 is 1.22 bits per heavy atom. The molecule has 6 aromatic carbocycles. The van der Waals surface area contributed by atoms with Gasteiger partial charge in [-0.15, -0.1) is 11.3 Å². The smallest absolute Gasteiger partial charge is 0.137 e. The molecule has 0 aliphatic carbocycles. The molecule has 212 valence electrons. The van der Waals surface area contributed by atoms with Gasteiger partial charge in [0, 0.05) is 54.2 Å². The summed E-state index contributed by atoms with van der Waals surface area (Å²) in [6.45, 7) is 0. The van der Waals surface area contributed by atoms with Crippen molar-refractivity contribution in [3.05, 3.63) is 164 Å². The molecule has 3 aromatic heterocycles. The molecule has 0 radical (unpaired) electrons. The number of hydrogen-bond acceptors (Lipinski definition) is 3. The third kappa shape index (κ3) is 4.22. The lowest BCUT2D eigenvalue weighted by Gasteiger charge is -2.24. The van der Waals surface area contributed by atoms with Crippen molar-refractivity contribution in [2.75, 3.05) is 4.90 Å². The third-order valence-electron chi connectivity index (χ3n) is 8.65. The quantitative estimate of drug-likeness (QED) is 0.198. The van der Waals surface area contributed by atoms with Gasteiger partial charge in [-0.05, 0) is 77.9 Å². The number of nitrogens with zero attached hydrogens (tertiary/aromatic N) is 3. The lowest BCUT2D eigenvalue weighted by atomic mass is 10.0. The Bertz CT molecular complexity index is 2480. The van der Waals surface area contributed by atoms with E-state index in [1.165, 1.54) is 53.1 Å². The van der Waals surface area contributed by atoms with E-state index in [1.807, 2.05) is 29.7 Å². The van der Waals surface area contributed by atoms with Crippen LogP contribution in [0.4, 0.5) is 17.2 Å². The number of thiophene rings is 1. The van der Waals surface area contributed by atoms with Crippen LogP contribution in [0.15, 0.2) is 164 Å². The normalized spacial score (nSPS) is 11.6. The molecule has 0 bridgehead atoms. The van der Waals surface area contributed by atoms with E-state index in [-0.39, 0.29) is 0 Å². The van der Waals surface area contributed by atoms with Gasteiger partial charge in [-0.3, -0.25) is 4.90 Å². The van der Waals surface area contributed by atoms with Crippen LogP contribution in [0.2, 0.25) is 0 Å². The van der Waals surface area contributed by atoms with E-state index in [4.69, 9.17) is 4.98 Å². The van der Waals surface area contributed by atoms with Crippen LogP contribution in [0.25, 0.3) is 58.8 Å². The Balaban J connectivity index is 1.19. The van der Waals surface area contributed by atoms with Crippen molar-refractivity contribution in [3.63, 3.8) is 0 Å². The third-order valence-corrected chi connectivity index (χ3v) is 9.87. The number of hydrogen-bond donors (Lipinski definition) is 0. The maximum Gasteiger partial charge on any atom is 0.137 e. The van der Waals surface area contributed by atoms with E-state index >= 15 is 0 Å². The van der Waals surface area contributed by atoms with E-state index in [1.54, 1.807) is 0 Å². The maximum atomic E-state index is 4.80. The second-order valence-corrected chi connectivity index (χ2v) is 12.3. The average molecular weight is 594 g/mol. The first-order valence-corrected chi connectivity index (χ1v) is 16.0. The van der Waals surface area contributed by atoms with E-state index in [9.17, 15) is 0 Å². The molecule has 0 unspecified atom stereocenters. The largest absolute Gasteiger partial charge is 0.309 e. The summed E-state index contributed by atoms with van der Waals surface area (Å²) in [6, 6.07) is 56.3. The summed E-state index contributed by atoms with van der Waals surface area (Å²) >= 11 is 1.87. The van der Waals surface area contributed by atoms with Crippen molar-refractivity contribution in [1.82, 2.24) is 9.55 Å². The number of anilines is 3. The standard InChI is InChI=1S/C41H27N3S/c1-2-11-29(12-3-1)44-37-17-6-4-13-33(37)36-27-31(24-25-38(36)44)43(40-19-8-9-26-42-40)30-22-20-28(21-23-30)32-15-10-16-35-34-14-5-7-18-39(34)45-41(32)35/h1-27H. The molecule has 0 fully saturated rings. The summed E-state index contributed by atoms with van der Waals surface area (Å²) in [6.07, 6.45) is 1.86. The van der Waals surface area contributed by atoms with Crippen molar-refractivity contribution < 1.29 is 0 Å². The highest BCUT2D eigenvalue weighted by atomic mass is 32.1. The first kappa shape index (κ1) is 25.8. The van der Waals surface area contributed by atoms with Gasteiger partial charge in [0.05, 0.1) is 11.0 Å². The molecule has 0 amide bonds. The molecule has 0 saturated carbocycles. The van der Waals surface area contributed by atoms with Gasteiger partial charge in [0.15, 0.2) is 0 Å². The summed E-state index contributed by atoms with van der Waals surface area (Å²) in [4.78, 5) is 7.04. The van der Waals surface area contributed by atoms with Crippen LogP contribution < -0.4 is 4.90 Å². The van der Waals surface area contributed by atoms with Gasteiger partial charge in [-0.2, -0.15) is 0 Å². The summed E-state index contributed by atoms with van der Waals surface area (Å²) < 4.78 is 5.00. The zero-order valence-corrected chi connectivity index (χ0v) is 25.2. The predicted octanol–water partition coefficient (Wildman–Crippen LogP) is 11.7. The topological polar surface area (TPSA) is 21.1 Å². The number of rotatable bonds is 5. The lowest BCUT2D eigenvalue weighted by Crippen LogP contribution is -2.11. The van der Waals surface area contributed by atoms with Crippen LogP contribution in [0.3, 0.4) is 0 Å². The first-order valence-electron chi connectivity index (χ1n) is 15.1. The molecule has 0 spiro atoms.